The predicted octanol–water partition coefficient (Wildman–Crippen LogP) is 1.26. The van der Waals surface area contributed by atoms with E-state index >= 15 is 0 Å². The number of likely N-dealkylation sites (tertiary alicyclic amines) is 2. The quantitative estimate of drug-likeness (QED) is 0.897. The van der Waals surface area contributed by atoms with Crippen LogP contribution in [0.5, 0.6) is 0 Å². The monoisotopic (exact) mass is 343 g/mol. The number of amides is 3. The van der Waals surface area contributed by atoms with Crippen molar-refractivity contribution >= 4 is 17.7 Å². The predicted molar refractivity (Wildman–Crippen MR) is 93.6 cm³/mol. The van der Waals surface area contributed by atoms with E-state index in [9.17, 15) is 14.4 Å². The third kappa shape index (κ3) is 4.00. The fourth-order valence-corrected chi connectivity index (χ4v) is 3.77. The molecule has 25 heavy (non-hydrogen) atoms. The SMILES string of the molecule is NC(=O)C1CCN(C(=O)C2CCCN(C(=O)c3ccccc3)C2)CC1. The van der Waals surface area contributed by atoms with Gasteiger partial charge >= 0.3 is 0 Å². The maximum absolute atomic E-state index is 12.8. The van der Waals surface area contributed by atoms with Gasteiger partial charge in [0.15, 0.2) is 0 Å². The van der Waals surface area contributed by atoms with E-state index in [0.717, 1.165) is 12.8 Å². The standard InChI is InChI=1S/C19H25N3O3/c20-17(23)14-8-11-21(12-9-14)19(25)16-7-4-10-22(13-16)18(24)15-5-2-1-3-6-15/h1-3,5-6,14,16H,4,7-13H2,(H2,20,23). The van der Waals surface area contributed by atoms with Gasteiger partial charge in [-0.25, -0.2) is 0 Å². The molecule has 2 fully saturated rings. The van der Waals surface area contributed by atoms with Crippen molar-refractivity contribution in [2.45, 2.75) is 25.7 Å². The minimum Gasteiger partial charge on any atom is -0.369 e. The molecule has 0 aromatic heterocycles. The Morgan fingerprint density at radius 1 is 0.880 bits per heavy atom. The highest BCUT2D eigenvalue weighted by atomic mass is 16.2. The van der Waals surface area contributed by atoms with E-state index in [1.54, 1.807) is 4.90 Å². The first-order chi connectivity index (χ1) is 12.1. The van der Waals surface area contributed by atoms with Crippen LogP contribution in [-0.4, -0.2) is 53.7 Å². The van der Waals surface area contributed by atoms with Gasteiger partial charge in [0.1, 0.15) is 0 Å². The molecule has 1 aromatic carbocycles. The van der Waals surface area contributed by atoms with Crippen molar-refractivity contribution in [3.8, 4) is 0 Å². The minimum absolute atomic E-state index is 0.00876. The van der Waals surface area contributed by atoms with E-state index in [0.29, 0.717) is 44.6 Å². The van der Waals surface area contributed by atoms with E-state index in [2.05, 4.69) is 0 Å². The smallest absolute Gasteiger partial charge is 0.253 e. The fraction of sp³-hybridized carbons (Fsp3) is 0.526. The van der Waals surface area contributed by atoms with E-state index in [1.165, 1.54) is 0 Å². The van der Waals surface area contributed by atoms with Gasteiger partial charge in [-0.3, -0.25) is 14.4 Å². The molecule has 2 N–H and O–H groups in total. The number of hydrogen-bond donors (Lipinski definition) is 1. The second-order valence-corrected chi connectivity index (χ2v) is 6.96. The topological polar surface area (TPSA) is 83.7 Å². The molecule has 6 heteroatoms. The van der Waals surface area contributed by atoms with Crippen LogP contribution in [0.25, 0.3) is 0 Å². The molecule has 0 saturated carbocycles. The maximum Gasteiger partial charge on any atom is 0.253 e. The third-order valence-electron chi connectivity index (χ3n) is 5.29. The van der Waals surface area contributed by atoms with Crippen molar-refractivity contribution in [2.24, 2.45) is 17.6 Å². The van der Waals surface area contributed by atoms with E-state index < -0.39 is 0 Å². The van der Waals surface area contributed by atoms with Crippen LogP contribution in [0.15, 0.2) is 30.3 Å². The third-order valence-corrected chi connectivity index (χ3v) is 5.29. The van der Waals surface area contributed by atoms with Crippen molar-refractivity contribution in [1.82, 2.24) is 9.80 Å². The molecule has 2 saturated heterocycles. The minimum atomic E-state index is -0.274. The summed E-state index contributed by atoms with van der Waals surface area (Å²) < 4.78 is 0. The van der Waals surface area contributed by atoms with Crippen LogP contribution in [0, 0.1) is 11.8 Å². The highest BCUT2D eigenvalue weighted by Crippen LogP contribution is 2.24. The number of nitrogens with two attached hydrogens (primary N) is 1. The molecule has 1 unspecified atom stereocenters. The Bertz CT molecular complexity index is 639. The van der Waals surface area contributed by atoms with Crippen LogP contribution in [0.3, 0.4) is 0 Å². The summed E-state index contributed by atoms with van der Waals surface area (Å²) >= 11 is 0. The summed E-state index contributed by atoms with van der Waals surface area (Å²) in [6.45, 7) is 2.33. The Kier molecular flexibility index (Phi) is 5.36. The number of piperidine rings is 2. The molecule has 2 heterocycles. The average molecular weight is 343 g/mol. The molecule has 2 aliphatic rings. The molecule has 0 bridgehead atoms. The van der Waals surface area contributed by atoms with Crippen molar-refractivity contribution in [2.75, 3.05) is 26.2 Å². The van der Waals surface area contributed by atoms with Gasteiger partial charge in [0.2, 0.25) is 11.8 Å². The highest BCUT2D eigenvalue weighted by Gasteiger charge is 2.33. The van der Waals surface area contributed by atoms with E-state index in [1.807, 2.05) is 35.2 Å². The lowest BCUT2D eigenvalue weighted by atomic mass is 9.92. The molecule has 0 spiro atoms. The molecule has 0 aliphatic carbocycles. The fourth-order valence-electron chi connectivity index (χ4n) is 3.77. The summed E-state index contributed by atoms with van der Waals surface area (Å²) in [7, 11) is 0. The van der Waals surface area contributed by atoms with Gasteiger partial charge < -0.3 is 15.5 Å². The van der Waals surface area contributed by atoms with Crippen LogP contribution >= 0.6 is 0 Å². The van der Waals surface area contributed by atoms with Crippen molar-refractivity contribution in [3.05, 3.63) is 35.9 Å². The molecular formula is C19H25N3O3. The molecule has 0 radical (unpaired) electrons. The lowest BCUT2D eigenvalue weighted by Crippen LogP contribution is -2.49. The molecule has 134 valence electrons. The van der Waals surface area contributed by atoms with Crippen LogP contribution in [0.1, 0.15) is 36.0 Å². The number of primary amides is 1. The van der Waals surface area contributed by atoms with Crippen LogP contribution in [0.4, 0.5) is 0 Å². The van der Waals surface area contributed by atoms with Gasteiger partial charge in [0.25, 0.3) is 5.91 Å². The van der Waals surface area contributed by atoms with Gasteiger partial charge in [0.05, 0.1) is 5.92 Å². The zero-order valence-electron chi connectivity index (χ0n) is 14.4. The summed E-state index contributed by atoms with van der Waals surface area (Å²) in [5, 5.41) is 0. The highest BCUT2D eigenvalue weighted by molar-refractivity contribution is 5.94. The number of carbonyl (C=O) groups excluding carboxylic acids is 3. The number of nitrogens with zero attached hydrogens (tertiary/aromatic N) is 2. The molecule has 1 atom stereocenters. The van der Waals surface area contributed by atoms with Gasteiger partial charge in [-0.05, 0) is 37.8 Å². The average Bonchev–Trinajstić information content (AvgIpc) is 2.67. The van der Waals surface area contributed by atoms with Crippen LogP contribution in [0.2, 0.25) is 0 Å². The van der Waals surface area contributed by atoms with Crippen molar-refractivity contribution < 1.29 is 14.4 Å². The Hall–Kier alpha value is -2.37. The molecule has 1 aromatic rings. The Morgan fingerprint density at radius 3 is 2.20 bits per heavy atom. The van der Waals surface area contributed by atoms with Gasteiger partial charge in [0, 0.05) is 37.7 Å². The molecule has 6 nitrogen and oxygen atoms in total. The van der Waals surface area contributed by atoms with Gasteiger partial charge in [-0.2, -0.15) is 0 Å². The van der Waals surface area contributed by atoms with Crippen molar-refractivity contribution in [1.29, 1.82) is 0 Å². The molecule has 3 amide bonds. The summed E-state index contributed by atoms with van der Waals surface area (Å²) in [4.78, 5) is 40.3. The number of carbonyl (C=O) groups is 3. The Labute approximate surface area is 148 Å². The van der Waals surface area contributed by atoms with Crippen LogP contribution in [-0.2, 0) is 9.59 Å². The maximum atomic E-state index is 12.8. The summed E-state index contributed by atoms with van der Waals surface area (Å²) in [6.07, 6.45) is 2.93. The zero-order chi connectivity index (χ0) is 17.8. The molecule has 2 aliphatic heterocycles. The summed E-state index contributed by atoms with van der Waals surface area (Å²) in [5.41, 5.74) is 6.02. The first kappa shape index (κ1) is 17.5. The largest absolute Gasteiger partial charge is 0.369 e. The first-order valence-corrected chi connectivity index (χ1v) is 8.98. The lowest BCUT2D eigenvalue weighted by molar-refractivity contribution is -0.139. The van der Waals surface area contributed by atoms with Crippen LogP contribution < -0.4 is 5.73 Å². The van der Waals surface area contributed by atoms with E-state index in [4.69, 9.17) is 5.73 Å². The van der Waals surface area contributed by atoms with Gasteiger partial charge in [-0.15, -0.1) is 0 Å². The number of rotatable bonds is 3. The van der Waals surface area contributed by atoms with E-state index in [-0.39, 0.29) is 29.6 Å². The second-order valence-electron chi connectivity index (χ2n) is 6.96. The Balaban J connectivity index is 1.59. The number of hydrogen-bond acceptors (Lipinski definition) is 3. The Morgan fingerprint density at radius 2 is 1.56 bits per heavy atom. The number of benzene rings is 1. The lowest BCUT2D eigenvalue weighted by Gasteiger charge is -2.37. The second kappa shape index (κ2) is 7.68. The summed E-state index contributed by atoms with van der Waals surface area (Å²) in [6, 6.07) is 9.20. The molecule has 3 rings (SSSR count). The molecular weight excluding hydrogens is 318 g/mol. The van der Waals surface area contributed by atoms with Gasteiger partial charge in [-0.1, -0.05) is 18.2 Å². The zero-order valence-corrected chi connectivity index (χ0v) is 14.4. The normalized spacial score (nSPS) is 21.8. The summed E-state index contributed by atoms with van der Waals surface area (Å²) in [5.74, 6) is -0.443. The van der Waals surface area contributed by atoms with Crippen molar-refractivity contribution in [3.63, 3.8) is 0 Å². The first-order valence-electron chi connectivity index (χ1n) is 8.98.